The van der Waals surface area contributed by atoms with Crippen LogP contribution in [0.15, 0.2) is 29.1 Å². The maximum atomic E-state index is 13.7. The van der Waals surface area contributed by atoms with Crippen LogP contribution in [-0.2, 0) is 13.0 Å². The van der Waals surface area contributed by atoms with E-state index in [0.717, 1.165) is 43.5 Å². The Morgan fingerprint density at radius 2 is 1.90 bits per heavy atom. The van der Waals surface area contributed by atoms with Crippen molar-refractivity contribution in [3.8, 4) is 0 Å². The number of piperidine rings is 1. The molecule has 1 atom stereocenters. The number of hydrogen-bond acceptors (Lipinski definition) is 4. The average molecular weight is 425 g/mol. The molecule has 2 aliphatic heterocycles. The van der Waals surface area contributed by atoms with Crippen molar-refractivity contribution < 1.29 is 9.18 Å². The van der Waals surface area contributed by atoms with Gasteiger partial charge in [-0.15, -0.1) is 0 Å². The van der Waals surface area contributed by atoms with Gasteiger partial charge in [-0.2, -0.15) is 0 Å². The van der Waals surface area contributed by atoms with Crippen LogP contribution in [0.25, 0.3) is 0 Å². The lowest BCUT2D eigenvalue weighted by Crippen LogP contribution is -2.43. The monoisotopic (exact) mass is 424 g/mol. The molecule has 1 saturated heterocycles. The van der Waals surface area contributed by atoms with Gasteiger partial charge in [-0.3, -0.25) is 14.5 Å². The van der Waals surface area contributed by atoms with E-state index in [-0.39, 0.29) is 17.5 Å². The zero-order valence-corrected chi connectivity index (χ0v) is 17.8. The minimum Gasteiger partial charge on any atom is -0.328 e. The summed E-state index contributed by atoms with van der Waals surface area (Å²) in [6.45, 7) is 2.20. The number of nitrogens with one attached hydrogen (secondary N) is 1. The molecular weight excluding hydrogens is 395 g/mol. The Morgan fingerprint density at radius 1 is 1.10 bits per heavy atom. The fourth-order valence-electron chi connectivity index (χ4n) is 5.46. The lowest BCUT2D eigenvalue weighted by Gasteiger charge is -2.36. The summed E-state index contributed by atoms with van der Waals surface area (Å²) in [5, 5.41) is 0. The highest BCUT2D eigenvalue weighted by atomic mass is 19.1. The molecule has 2 fully saturated rings. The number of nitrogens with zero attached hydrogens (tertiary/aromatic N) is 3. The standard InChI is InChI=1S/C24H29FN4O2/c25-17-7-5-6-16(14-17)24(31)29-12-4-3-10-21(29)22-26-20-15-28(18-8-1-2-9-18)13-11-19(20)23(30)27-22/h5-7,14,18,21H,1-4,8-13,15H2,(H,26,27,30)/t21-/m1/s1. The lowest BCUT2D eigenvalue weighted by atomic mass is 9.98. The molecule has 1 amide bonds. The van der Waals surface area contributed by atoms with E-state index >= 15 is 0 Å². The average Bonchev–Trinajstić information content (AvgIpc) is 3.33. The fourth-order valence-corrected chi connectivity index (χ4v) is 5.46. The Morgan fingerprint density at radius 3 is 2.71 bits per heavy atom. The van der Waals surface area contributed by atoms with Gasteiger partial charge in [0, 0.05) is 36.8 Å². The molecule has 0 spiro atoms. The van der Waals surface area contributed by atoms with E-state index in [1.54, 1.807) is 17.0 Å². The number of likely N-dealkylation sites (tertiary alicyclic amines) is 1. The summed E-state index contributed by atoms with van der Waals surface area (Å²) in [5.74, 6) is -0.0645. The van der Waals surface area contributed by atoms with Gasteiger partial charge in [0.1, 0.15) is 11.6 Å². The molecule has 3 heterocycles. The van der Waals surface area contributed by atoms with Crippen molar-refractivity contribution in [2.45, 2.75) is 70.0 Å². The van der Waals surface area contributed by atoms with Crippen molar-refractivity contribution in [1.82, 2.24) is 19.8 Å². The van der Waals surface area contributed by atoms with Crippen LogP contribution >= 0.6 is 0 Å². The SMILES string of the molecule is O=C(c1cccc(F)c1)N1CCCC[C@@H]1c1nc2c(c(=O)[nH]1)CCN(C1CCCC1)C2. The first-order valence-electron chi connectivity index (χ1n) is 11.5. The van der Waals surface area contributed by atoms with Gasteiger partial charge < -0.3 is 9.88 Å². The highest BCUT2D eigenvalue weighted by Crippen LogP contribution is 2.32. The molecular formula is C24H29FN4O2. The highest BCUT2D eigenvalue weighted by Gasteiger charge is 2.33. The van der Waals surface area contributed by atoms with Crippen LogP contribution in [0.5, 0.6) is 0 Å². The molecule has 1 aliphatic carbocycles. The van der Waals surface area contributed by atoms with Crippen molar-refractivity contribution in [2.24, 2.45) is 0 Å². The summed E-state index contributed by atoms with van der Waals surface area (Å²) in [7, 11) is 0. The number of carbonyl (C=O) groups is 1. The summed E-state index contributed by atoms with van der Waals surface area (Å²) >= 11 is 0. The zero-order chi connectivity index (χ0) is 21.4. The second kappa shape index (κ2) is 8.54. The first kappa shape index (κ1) is 20.4. The van der Waals surface area contributed by atoms with Gasteiger partial charge >= 0.3 is 0 Å². The van der Waals surface area contributed by atoms with Gasteiger partial charge in [0.25, 0.3) is 11.5 Å². The van der Waals surface area contributed by atoms with Crippen LogP contribution in [0.1, 0.15) is 78.4 Å². The number of aromatic amines is 1. The summed E-state index contributed by atoms with van der Waals surface area (Å²) in [4.78, 5) is 38.2. The van der Waals surface area contributed by atoms with E-state index in [9.17, 15) is 14.0 Å². The predicted octanol–water partition coefficient (Wildman–Crippen LogP) is 3.58. The molecule has 5 rings (SSSR count). The summed E-state index contributed by atoms with van der Waals surface area (Å²) < 4.78 is 13.7. The predicted molar refractivity (Wildman–Crippen MR) is 115 cm³/mol. The number of H-pyrrole nitrogens is 1. The van der Waals surface area contributed by atoms with Gasteiger partial charge in [-0.25, -0.2) is 9.37 Å². The maximum Gasteiger partial charge on any atom is 0.254 e. The molecule has 0 radical (unpaired) electrons. The second-order valence-electron chi connectivity index (χ2n) is 9.06. The third kappa shape index (κ3) is 4.03. The molecule has 6 nitrogen and oxygen atoms in total. The first-order valence-corrected chi connectivity index (χ1v) is 11.5. The Balaban J connectivity index is 1.44. The fraction of sp³-hybridized carbons (Fsp3) is 0.542. The summed E-state index contributed by atoms with van der Waals surface area (Å²) in [6.07, 6.45) is 8.34. The second-order valence-corrected chi connectivity index (χ2v) is 9.06. The quantitative estimate of drug-likeness (QED) is 0.818. The van der Waals surface area contributed by atoms with Crippen molar-refractivity contribution in [3.05, 3.63) is 63.1 Å². The van der Waals surface area contributed by atoms with Gasteiger partial charge in [0.2, 0.25) is 0 Å². The first-order chi connectivity index (χ1) is 15.1. The number of carbonyl (C=O) groups excluding carboxylic acids is 1. The Hall–Kier alpha value is -2.54. The number of benzene rings is 1. The van der Waals surface area contributed by atoms with Gasteiger partial charge in [0.15, 0.2) is 0 Å². The largest absolute Gasteiger partial charge is 0.328 e. The van der Waals surface area contributed by atoms with Crippen molar-refractivity contribution in [3.63, 3.8) is 0 Å². The van der Waals surface area contributed by atoms with Crippen LogP contribution in [0, 0.1) is 5.82 Å². The molecule has 7 heteroatoms. The topological polar surface area (TPSA) is 69.3 Å². The Labute approximate surface area is 181 Å². The normalized spacial score (nSPS) is 22.5. The third-order valence-electron chi connectivity index (χ3n) is 7.11. The molecule has 164 valence electrons. The molecule has 0 unspecified atom stereocenters. The minimum absolute atomic E-state index is 0.0743. The van der Waals surface area contributed by atoms with Gasteiger partial charge in [-0.05, 0) is 56.7 Å². The van der Waals surface area contributed by atoms with Crippen LogP contribution in [0.2, 0.25) is 0 Å². The van der Waals surface area contributed by atoms with E-state index in [0.29, 0.717) is 30.5 Å². The smallest absolute Gasteiger partial charge is 0.254 e. The van der Waals surface area contributed by atoms with E-state index < -0.39 is 5.82 Å². The maximum absolute atomic E-state index is 13.7. The molecule has 2 aromatic rings. The molecule has 1 aromatic carbocycles. The number of fused-ring (bicyclic) bond motifs is 1. The molecule has 3 aliphatic rings. The van der Waals surface area contributed by atoms with Crippen molar-refractivity contribution >= 4 is 5.91 Å². The van der Waals surface area contributed by atoms with E-state index in [1.807, 2.05) is 0 Å². The van der Waals surface area contributed by atoms with E-state index in [2.05, 4.69) is 9.88 Å². The van der Waals surface area contributed by atoms with Gasteiger partial charge in [0.05, 0.1) is 11.7 Å². The van der Waals surface area contributed by atoms with Crippen LogP contribution < -0.4 is 5.56 Å². The Bertz CT molecular complexity index is 1030. The van der Waals surface area contributed by atoms with Crippen LogP contribution in [0.3, 0.4) is 0 Å². The minimum atomic E-state index is -0.424. The van der Waals surface area contributed by atoms with E-state index in [1.165, 1.54) is 37.8 Å². The van der Waals surface area contributed by atoms with E-state index in [4.69, 9.17) is 4.98 Å². The van der Waals surface area contributed by atoms with Crippen molar-refractivity contribution in [2.75, 3.05) is 13.1 Å². The number of halogens is 1. The number of amides is 1. The highest BCUT2D eigenvalue weighted by molar-refractivity contribution is 5.94. The van der Waals surface area contributed by atoms with Crippen LogP contribution in [-0.4, -0.2) is 44.8 Å². The summed E-state index contributed by atoms with van der Waals surface area (Å²) in [6, 6.07) is 6.11. The Kier molecular flexibility index (Phi) is 5.61. The third-order valence-corrected chi connectivity index (χ3v) is 7.11. The molecule has 0 bridgehead atoms. The number of rotatable bonds is 3. The molecule has 1 N–H and O–H groups in total. The molecule has 31 heavy (non-hydrogen) atoms. The lowest BCUT2D eigenvalue weighted by molar-refractivity contribution is 0.0597. The molecule has 1 saturated carbocycles. The number of aromatic nitrogens is 2. The number of hydrogen-bond donors (Lipinski definition) is 1. The van der Waals surface area contributed by atoms with Crippen molar-refractivity contribution in [1.29, 1.82) is 0 Å². The zero-order valence-electron chi connectivity index (χ0n) is 17.8. The summed E-state index contributed by atoms with van der Waals surface area (Å²) in [5.41, 5.74) is 1.91. The van der Waals surface area contributed by atoms with Crippen LogP contribution in [0.4, 0.5) is 4.39 Å². The van der Waals surface area contributed by atoms with Gasteiger partial charge in [-0.1, -0.05) is 18.9 Å². The molecule has 1 aromatic heterocycles.